The smallest absolute Gasteiger partial charge is 0.328 e. The van der Waals surface area contributed by atoms with E-state index in [9.17, 15) is 9.59 Å². The Bertz CT molecular complexity index is 739. The van der Waals surface area contributed by atoms with Crippen LogP contribution in [0.5, 0.6) is 0 Å². The normalized spacial score (nSPS) is 11.6. The molecule has 0 fully saturated rings. The van der Waals surface area contributed by atoms with Gasteiger partial charge < -0.3 is 10.1 Å². The third-order valence-electron chi connectivity index (χ3n) is 4.02. The van der Waals surface area contributed by atoms with Crippen molar-refractivity contribution in [2.45, 2.75) is 25.3 Å². The zero-order chi connectivity index (χ0) is 19.5. The van der Waals surface area contributed by atoms with Crippen LogP contribution in [0.15, 0.2) is 54.6 Å². The third-order valence-corrected chi connectivity index (χ3v) is 4.99. The van der Waals surface area contributed by atoms with Gasteiger partial charge >= 0.3 is 5.97 Å². The summed E-state index contributed by atoms with van der Waals surface area (Å²) >= 11 is 7.68. The zero-order valence-electron chi connectivity index (χ0n) is 15.3. The van der Waals surface area contributed by atoms with Crippen LogP contribution in [0.3, 0.4) is 0 Å². The van der Waals surface area contributed by atoms with Crippen LogP contribution < -0.4 is 5.32 Å². The number of aryl methyl sites for hydroxylation is 1. The van der Waals surface area contributed by atoms with Gasteiger partial charge in [-0.3, -0.25) is 4.79 Å². The van der Waals surface area contributed by atoms with Gasteiger partial charge in [-0.25, -0.2) is 4.79 Å². The molecule has 144 valence electrons. The lowest BCUT2D eigenvalue weighted by molar-refractivity contribution is -0.146. The van der Waals surface area contributed by atoms with Gasteiger partial charge in [-0.05, 0) is 49.0 Å². The number of hydrogen-bond donors (Lipinski definition) is 1. The number of nitrogens with one attached hydrogen (secondary N) is 1. The summed E-state index contributed by atoms with van der Waals surface area (Å²) < 4.78 is 5.39. The lowest BCUT2D eigenvalue weighted by atomic mass is 10.1. The van der Waals surface area contributed by atoms with Crippen molar-refractivity contribution in [2.75, 3.05) is 18.6 Å². The van der Waals surface area contributed by atoms with E-state index >= 15 is 0 Å². The summed E-state index contributed by atoms with van der Waals surface area (Å²) in [6, 6.07) is 16.1. The Balaban J connectivity index is 1.87. The highest BCUT2D eigenvalue weighted by Crippen LogP contribution is 2.15. The molecular formula is C21H24ClNO3S. The first kappa shape index (κ1) is 21.3. The lowest BCUT2D eigenvalue weighted by Gasteiger charge is -2.18. The van der Waals surface area contributed by atoms with E-state index in [0.29, 0.717) is 23.6 Å². The van der Waals surface area contributed by atoms with Crippen molar-refractivity contribution in [1.29, 1.82) is 0 Å². The molecule has 1 atom stereocenters. The number of thioether (sulfide) groups is 1. The van der Waals surface area contributed by atoms with Gasteiger partial charge in [0.2, 0.25) is 0 Å². The molecule has 2 aromatic carbocycles. The molecule has 0 heterocycles. The zero-order valence-corrected chi connectivity index (χ0v) is 16.9. The van der Waals surface area contributed by atoms with Crippen LogP contribution in [0, 0.1) is 0 Å². The first-order chi connectivity index (χ1) is 13.1. The van der Waals surface area contributed by atoms with Crippen LogP contribution in [0.1, 0.15) is 28.8 Å². The summed E-state index contributed by atoms with van der Waals surface area (Å²) in [5, 5.41) is 3.11. The molecule has 0 aromatic heterocycles. The minimum atomic E-state index is -0.682. The number of hydrogen-bond acceptors (Lipinski definition) is 4. The van der Waals surface area contributed by atoms with E-state index in [0.717, 1.165) is 18.6 Å². The monoisotopic (exact) mass is 405 g/mol. The van der Waals surface area contributed by atoms with Crippen molar-refractivity contribution >= 4 is 35.2 Å². The first-order valence-corrected chi connectivity index (χ1v) is 10.6. The molecular weight excluding hydrogens is 382 g/mol. The molecule has 0 aliphatic rings. The first-order valence-electron chi connectivity index (χ1n) is 8.86. The predicted octanol–water partition coefficient (Wildman–Crippen LogP) is 4.37. The minimum absolute atomic E-state index is 0.325. The Kier molecular flexibility index (Phi) is 9.22. The Labute approximate surface area is 169 Å². The van der Waals surface area contributed by atoms with Gasteiger partial charge in [-0.1, -0.05) is 54.1 Å². The molecule has 0 aliphatic heterocycles. The van der Waals surface area contributed by atoms with Crippen molar-refractivity contribution in [3.05, 3.63) is 70.7 Å². The van der Waals surface area contributed by atoms with Crippen LogP contribution in [0.25, 0.3) is 0 Å². The predicted molar refractivity (Wildman–Crippen MR) is 111 cm³/mol. The number of halogens is 1. The van der Waals surface area contributed by atoms with Crippen LogP contribution in [0.4, 0.5) is 0 Å². The van der Waals surface area contributed by atoms with E-state index in [1.54, 1.807) is 36.0 Å². The second-order valence-corrected chi connectivity index (χ2v) is 7.44. The van der Waals surface area contributed by atoms with E-state index in [2.05, 4.69) is 5.32 Å². The van der Waals surface area contributed by atoms with E-state index in [1.165, 1.54) is 5.56 Å². The number of rotatable bonds is 10. The molecule has 1 unspecified atom stereocenters. The van der Waals surface area contributed by atoms with Gasteiger partial charge in [0.1, 0.15) is 6.04 Å². The number of amides is 1. The lowest BCUT2D eigenvalue weighted by Crippen LogP contribution is -2.42. The topological polar surface area (TPSA) is 55.4 Å². The standard InChI is InChI=1S/C21H24ClNO3S/c1-27-15-13-19(23-20(24)17-11-5-6-12-18(17)22)21(25)26-14-7-10-16-8-3-2-4-9-16/h2-6,8-9,11-12,19H,7,10,13-15H2,1H3,(H,23,24). The summed E-state index contributed by atoms with van der Waals surface area (Å²) in [5.74, 6) is -0.0301. The highest BCUT2D eigenvalue weighted by atomic mass is 35.5. The van der Waals surface area contributed by atoms with Gasteiger partial charge in [-0.15, -0.1) is 0 Å². The third kappa shape index (κ3) is 7.27. The van der Waals surface area contributed by atoms with Crippen LogP contribution in [-0.4, -0.2) is 36.5 Å². The summed E-state index contributed by atoms with van der Waals surface area (Å²) in [6.07, 6.45) is 4.05. The van der Waals surface area contributed by atoms with Crippen molar-refractivity contribution in [1.82, 2.24) is 5.32 Å². The van der Waals surface area contributed by atoms with Gasteiger partial charge in [0.05, 0.1) is 17.2 Å². The van der Waals surface area contributed by atoms with Gasteiger partial charge in [0.15, 0.2) is 0 Å². The highest BCUT2D eigenvalue weighted by molar-refractivity contribution is 7.98. The molecule has 6 heteroatoms. The largest absolute Gasteiger partial charge is 0.464 e. The van der Waals surface area contributed by atoms with E-state index in [4.69, 9.17) is 16.3 Å². The molecule has 0 bridgehead atoms. The highest BCUT2D eigenvalue weighted by Gasteiger charge is 2.23. The number of esters is 1. The van der Waals surface area contributed by atoms with Crippen molar-refractivity contribution in [3.63, 3.8) is 0 Å². The van der Waals surface area contributed by atoms with Gasteiger partial charge in [0.25, 0.3) is 5.91 Å². The van der Waals surface area contributed by atoms with E-state index in [1.807, 2.05) is 36.6 Å². The maximum absolute atomic E-state index is 12.4. The Morgan fingerprint density at radius 2 is 1.81 bits per heavy atom. The molecule has 2 rings (SSSR count). The SMILES string of the molecule is CSCCC(NC(=O)c1ccccc1Cl)C(=O)OCCCc1ccccc1. The maximum atomic E-state index is 12.4. The van der Waals surface area contributed by atoms with Crippen molar-refractivity contribution in [2.24, 2.45) is 0 Å². The quantitative estimate of drug-likeness (QED) is 0.471. The van der Waals surface area contributed by atoms with Crippen LogP contribution in [0.2, 0.25) is 5.02 Å². The number of carbonyl (C=O) groups excluding carboxylic acids is 2. The number of carbonyl (C=O) groups is 2. The Morgan fingerprint density at radius 1 is 1.11 bits per heavy atom. The van der Waals surface area contributed by atoms with Crippen LogP contribution >= 0.6 is 23.4 Å². The second-order valence-electron chi connectivity index (χ2n) is 6.04. The summed E-state index contributed by atoms with van der Waals surface area (Å²) in [6.45, 7) is 0.325. The molecule has 4 nitrogen and oxygen atoms in total. The average molecular weight is 406 g/mol. The summed E-state index contributed by atoms with van der Waals surface area (Å²) in [7, 11) is 0. The Morgan fingerprint density at radius 3 is 2.52 bits per heavy atom. The average Bonchev–Trinajstić information content (AvgIpc) is 2.69. The fraction of sp³-hybridized carbons (Fsp3) is 0.333. The summed E-state index contributed by atoms with van der Waals surface area (Å²) in [5.41, 5.74) is 1.56. The minimum Gasteiger partial charge on any atom is -0.464 e. The van der Waals surface area contributed by atoms with Crippen LogP contribution in [-0.2, 0) is 16.0 Å². The number of benzene rings is 2. The van der Waals surface area contributed by atoms with Crippen molar-refractivity contribution < 1.29 is 14.3 Å². The second kappa shape index (κ2) is 11.7. The van der Waals surface area contributed by atoms with Gasteiger partial charge in [0, 0.05) is 0 Å². The molecule has 2 aromatic rings. The van der Waals surface area contributed by atoms with E-state index in [-0.39, 0.29) is 5.91 Å². The molecule has 0 saturated carbocycles. The fourth-order valence-corrected chi connectivity index (χ4v) is 3.25. The van der Waals surface area contributed by atoms with Gasteiger partial charge in [-0.2, -0.15) is 11.8 Å². The fourth-order valence-electron chi connectivity index (χ4n) is 2.56. The Hall–Kier alpha value is -1.98. The molecule has 0 saturated heterocycles. The molecule has 0 aliphatic carbocycles. The number of ether oxygens (including phenoxy) is 1. The summed E-state index contributed by atoms with van der Waals surface area (Å²) in [4.78, 5) is 24.9. The van der Waals surface area contributed by atoms with Crippen molar-refractivity contribution in [3.8, 4) is 0 Å². The molecule has 0 radical (unpaired) electrons. The molecule has 1 N–H and O–H groups in total. The molecule has 27 heavy (non-hydrogen) atoms. The maximum Gasteiger partial charge on any atom is 0.328 e. The molecule has 0 spiro atoms. The molecule has 1 amide bonds. The van der Waals surface area contributed by atoms with E-state index < -0.39 is 12.0 Å².